The van der Waals surface area contributed by atoms with Crippen LogP contribution in [-0.4, -0.2) is 49.3 Å². The van der Waals surface area contributed by atoms with Crippen LogP contribution in [0, 0.1) is 5.92 Å². The number of hydrogen-bond acceptors (Lipinski definition) is 5. The van der Waals surface area contributed by atoms with Crippen molar-refractivity contribution in [2.75, 3.05) is 32.7 Å². The fourth-order valence-corrected chi connectivity index (χ4v) is 3.29. The number of nitrogens with zero attached hydrogens (tertiary/aromatic N) is 1. The Morgan fingerprint density at radius 3 is 2.59 bits per heavy atom. The van der Waals surface area contributed by atoms with E-state index in [-0.39, 0.29) is 24.0 Å². The number of rotatable bonds is 9. The molecule has 3 rings (SSSR count). The Labute approximate surface area is 159 Å². The highest BCUT2D eigenvalue weighted by atomic mass is 16.3. The van der Waals surface area contributed by atoms with Crippen molar-refractivity contribution in [3.8, 4) is 0 Å². The van der Waals surface area contributed by atoms with Crippen LogP contribution in [0.4, 0.5) is 0 Å². The van der Waals surface area contributed by atoms with Crippen molar-refractivity contribution >= 4 is 11.7 Å². The summed E-state index contributed by atoms with van der Waals surface area (Å²) in [5, 5.41) is 6.31. The zero-order chi connectivity index (χ0) is 18.9. The molecule has 0 aliphatic carbocycles. The molecule has 1 aliphatic heterocycles. The molecule has 1 aliphatic rings. The minimum Gasteiger partial charge on any atom is -0.461 e. The first kappa shape index (κ1) is 19.3. The molecule has 2 heterocycles. The highest BCUT2D eigenvalue weighted by Gasteiger charge is 2.24. The molecule has 2 aromatic rings. The van der Waals surface area contributed by atoms with Crippen molar-refractivity contribution < 1.29 is 14.0 Å². The van der Waals surface area contributed by atoms with E-state index in [1.807, 2.05) is 30.3 Å². The van der Waals surface area contributed by atoms with Gasteiger partial charge in [0.05, 0.1) is 6.26 Å². The molecule has 0 bridgehead atoms. The fourth-order valence-electron chi connectivity index (χ4n) is 3.29. The highest BCUT2D eigenvalue weighted by molar-refractivity contribution is 5.96. The van der Waals surface area contributed by atoms with E-state index in [0.717, 1.165) is 38.3 Å². The second-order valence-electron chi connectivity index (χ2n) is 6.89. The number of benzene rings is 1. The number of furan rings is 1. The molecule has 1 fully saturated rings. The topological polar surface area (TPSA) is 74.6 Å². The van der Waals surface area contributed by atoms with Crippen molar-refractivity contribution in [1.29, 1.82) is 0 Å². The van der Waals surface area contributed by atoms with Crippen molar-refractivity contribution in [2.24, 2.45) is 5.92 Å². The van der Waals surface area contributed by atoms with E-state index in [1.165, 1.54) is 6.26 Å². The van der Waals surface area contributed by atoms with E-state index in [9.17, 15) is 9.59 Å². The standard InChI is InChI=1S/C21H27N3O3/c25-19(20-7-4-14-27-20)15-18(8-11-24-12-9-22-10-13-24)21(26)23-16-17-5-2-1-3-6-17/h1-7,14,18,22H,8-13,15-16H2,(H,23,26)/t18-/m1/s1. The first-order chi connectivity index (χ1) is 13.2. The summed E-state index contributed by atoms with van der Waals surface area (Å²) in [6, 6.07) is 13.1. The average Bonchev–Trinajstić information content (AvgIpc) is 3.26. The predicted molar refractivity (Wildman–Crippen MR) is 103 cm³/mol. The van der Waals surface area contributed by atoms with E-state index in [2.05, 4.69) is 15.5 Å². The van der Waals surface area contributed by atoms with Crippen molar-refractivity contribution in [3.05, 3.63) is 60.1 Å². The van der Waals surface area contributed by atoms with Crippen LogP contribution in [0.25, 0.3) is 0 Å². The molecule has 6 nitrogen and oxygen atoms in total. The van der Waals surface area contributed by atoms with Crippen LogP contribution >= 0.6 is 0 Å². The molecule has 0 spiro atoms. The number of piperazine rings is 1. The molecule has 0 saturated carbocycles. The molecule has 144 valence electrons. The third-order valence-corrected chi connectivity index (χ3v) is 4.91. The minimum atomic E-state index is -0.360. The Morgan fingerprint density at radius 2 is 1.89 bits per heavy atom. The summed E-state index contributed by atoms with van der Waals surface area (Å²) in [5.74, 6) is -0.242. The van der Waals surface area contributed by atoms with Gasteiger partial charge >= 0.3 is 0 Å². The zero-order valence-corrected chi connectivity index (χ0v) is 15.5. The molecule has 1 aromatic carbocycles. The van der Waals surface area contributed by atoms with Crippen LogP contribution in [0.5, 0.6) is 0 Å². The van der Waals surface area contributed by atoms with Gasteiger partial charge in [-0.25, -0.2) is 0 Å². The van der Waals surface area contributed by atoms with Gasteiger partial charge in [0.1, 0.15) is 0 Å². The Balaban J connectivity index is 1.58. The number of carbonyl (C=O) groups is 2. The molecular formula is C21H27N3O3. The SMILES string of the molecule is O=C(C[C@@H](CCN1CCNCC1)C(=O)NCc1ccccc1)c1ccco1. The Morgan fingerprint density at radius 1 is 1.11 bits per heavy atom. The lowest BCUT2D eigenvalue weighted by molar-refractivity contribution is -0.125. The number of hydrogen-bond donors (Lipinski definition) is 2. The second-order valence-corrected chi connectivity index (χ2v) is 6.89. The summed E-state index contributed by atoms with van der Waals surface area (Å²) in [7, 11) is 0. The van der Waals surface area contributed by atoms with Crippen LogP contribution < -0.4 is 10.6 Å². The minimum absolute atomic E-state index is 0.0751. The monoisotopic (exact) mass is 369 g/mol. The first-order valence-corrected chi connectivity index (χ1v) is 9.54. The van der Waals surface area contributed by atoms with Crippen molar-refractivity contribution in [1.82, 2.24) is 15.5 Å². The third-order valence-electron chi connectivity index (χ3n) is 4.91. The normalized spacial score (nSPS) is 16.0. The van der Waals surface area contributed by atoms with Gasteiger partial charge in [-0.1, -0.05) is 30.3 Å². The quantitative estimate of drug-likeness (QED) is 0.662. The van der Waals surface area contributed by atoms with Crippen molar-refractivity contribution in [3.63, 3.8) is 0 Å². The van der Waals surface area contributed by atoms with E-state index in [1.54, 1.807) is 12.1 Å². The summed E-state index contributed by atoms with van der Waals surface area (Å²) in [6.45, 7) is 5.18. The van der Waals surface area contributed by atoms with Crippen LogP contribution in [0.1, 0.15) is 29.0 Å². The van der Waals surface area contributed by atoms with E-state index in [0.29, 0.717) is 18.7 Å². The maximum absolute atomic E-state index is 12.8. The largest absolute Gasteiger partial charge is 0.461 e. The number of carbonyl (C=O) groups excluding carboxylic acids is 2. The second kappa shape index (κ2) is 10.0. The number of ketones is 1. The molecule has 6 heteroatoms. The van der Waals surface area contributed by atoms with Crippen LogP contribution in [0.2, 0.25) is 0 Å². The molecule has 1 atom stereocenters. The third kappa shape index (κ3) is 6.05. The Hall–Kier alpha value is -2.44. The van der Waals surface area contributed by atoms with E-state index < -0.39 is 0 Å². The molecule has 0 unspecified atom stereocenters. The zero-order valence-electron chi connectivity index (χ0n) is 15.5. The van der Waals surface area contributed by atoms with Crippen LogP contribution in [-0.2, 0) is 11.3 Å². The molecule has 0 radical (unpaired) electrons. The molecule has 27 heavy (non-hydrogen) atoms. The summed E-state index contributed by atoms with van der Waals surface area (Å²) in [6.07, 6.45) is 2.31. The molecule has 2 N–H and O–H groups in total. The summed E-state index contributed by atoms with van der Waals surface area (Å²) >= 11 is 0. The number of nitrogens with one attached hydrogen (secondary N) is 2. The predicted octanol–water partition coefficient (Wildman–Crippen LogP) is 2.08. The summed E-state index contributed by atoms with van der Waals surface area (Å²) < 4.78 is 5.20. The van der Waals surface area contributed by atoms with Gasteiger partial charge in [0.15, 0.2) is 11.5 Å². The van der Waals surface area contributed by atoms with Gasteiger partial charge in [-0.15, -0.1) is 0 Å². The lowest BCUT2D eigenvalue weighted by Crippen LogP contribution is -2.44. The molecule has 1 saturated heterocycles. The average molecular weight is 369 g/mol. The Kier molecular flexibility index (Phi) is 7.19. The maximum atomic E-state index is 12.8. The Bertz CT molecular complexity index is 710. The number of Topliss-reactive ketones (excluding diaryl/α,β-unsaturated/α-hetero) is 1. The van der Waals surface area contributed by atoms with Crippen LogP contribution in [0.3, 0.4) is 0 Å². The fraction of sp³-hybridized carbons (Fsp3) is 0.429. The van der Waals surface area contributed by atoms with Gasteiger partial charge in [0.2, 0.25) is 5.91 Å². The summed E-state index contributed by atoms with van der Waals surface area (Å²) in [4.78, 5) is 27.6. The van der Waals surface area contributed by atoms with E-state index in [4.69, 9.17) is 4.42 Å². The number of amides is 1. The molecular weight excluding hydrogens is 342 g/mol. The first-order valence-electron chi connectivity index (χ1n) is 9.54. The maximum Gasteiger partial charge on any atom is 0.223 e. The highest BCUT2D eigenvalue weighted by Crippen LogP contribution is 2.16. The van der Waals surface area contributed by atoms with Gasteiger partial charge in [-0.05, 0) is 30.7 Å². The lowest BCUT2D eigenvalue weighted by Gasteiger charge is -2.28. The smallest absolute Gasteiger partial charge is 0.223 e. The van der Waals surface area contributed by atoms with Gasteiger partial charge in [-0.3, -0.25) is 9.59 Å². The van der Waals surface area contributed by atoms with Crippen LogP contribution in [0.15, 0.2) is 53.1 Å². The van der Waals surface area contributed by atoms with Gasteiger partial charge in [0, 0.05) is 45.1 Å². The van der Waals surface area contributed by atoms with Gasteiger partial charge < -0.3 is 20.0 Å². The van der Waals surface area contributed by atoms with E-state index >= 15 is 0 Å². The lowest BCUT2D eigenvalue weighted by atomic mass is 9.96. The molecule has 1 aromatic heterocycles. The van der Waals surface area contributed by atoms with Gasteiger partial charge in [0.25, 0.3) is 0 Å². The van der Waals surface area contributed by atoms with Gasteiger partial charge in [-0.2, -0.15) is 0 Å². The van der Waals surface area contributed by atoms with Crippen molar-refractivity contribution in [2.45, 2.75) is 19.4 Å². The summed E-state index contributed by atoms with van der Waals surface area (Å²) in [5.41, 5.74) is 1.05. The molecule has 1 amide bonds.